The Morgan fingerprint density at radius 1 is 1.04 bits per heavy atom. The van der Waals surface area contributed by atoms with Crippen LogP contribution in [-0.2, 0) is 6.61 Å². The van der Waals surface area contributed by atoms with Gasteiger partial charge in [-0.15, -0.1) is 0 Å². The molecular weight excluding hydrogens is 350 g/mol. The smallest absolute Gasteiger partial charge is 0.183 e. The minimum absolute atomic E-state index is 0.0336. The topological polar surface area (TPSA) is 77.9 Å². The first-order valence-corrected chi connectivity index (χ1v) is 9.56. The normalized spacial score (nSPS) is 16.8. The molecule has 0 spiro atoms. The van der Waals surface area contributed by atoms with Gasteiger partial charge in [0.2, 0.25) is 0 Å². The van der Waals surface area contributed by atoms with Crippen molar-refractivity contribution in [2.45, 2.75) is 25.5 Å². The molecule has 1 aliphatic rings. The van der Waals surface area contributed by atoms with Gasteiger partial charge < -0.3 is 15.0 Å². The number of aromatic nitrogens is 4. The Hall–Kier alpha value is -3.25. The van der Waals surface area contributed by atoms with Crippen molar-refractivity contribution in [1.82, 2.24) is 19.9 Å². The lowest BCUT2D eigenvalue weighted by Gasteiger charge is -2.26. The molecule has 6 nitrogen and oxygen atoms in total. The second-order valence-electron chi connectivity index (χ2n) is 7.10. The van der Waals surface area contributed by atoms with Crippen LogP contribution in [0.3, 0.4) is 0 Å². The Kier molecular flexibility index (Phi) is 4.25. The zero-order chi connectivity index (χ0) is 18.9. The van der Waals surface area contributed by atoms with Crippen LogP contribution in [0.25, 0.3) is 22.6 Å². The molecule has 1 aliphatic heterocycles. The Labute approximate surface area is 162 Å². The summed E-state index contributed by atoms with van der Waals surface area (Å²) in [6.45, 7) is 0.997. The molecule has 3 heterocycles. The predicted octanol–water partition coefficient (Wildman–Crippen LogP) is 3.85. The van der Waals surface area contributed by atoms with E-state index in [-0.39, 0.29) is 6.61 Å². The van der Waals surface area contributed by atoms with Crippen molar-refractivity contribution in [1.29, 1.82) is 0 Å². The molecule has 1 atom stereocenters. The zero-order valence-electron chi connectivity index (χ0n) is 15.4. The summed E-state index contributed by atoms with van der Waals surface area (Å²) in [5, 5.41) is 9.24. The average Bonchev–Trinajstić information content (AvgIpc) is 3.41. The van der Waals surface area contributed by atoms with Crippen LogP contribution in [0.1, 0.15) is 30.0 Å². The number of aromatic amines is 1. The minimum Gasteiger partial charge on any atom is -0.392 e. The van der Waals surface area contributed by atoms with Crippen LogP contribution in [0.2, 0.25) is 0 Å². The molecule has 5 rings (SSSR count). The molecule has 0 aliphatic carbocycles. The SMILES string of the molecule is OCc1ccc(-c2nc3ncnc(N4CCCC4c4ccccc4)c3[nH]2)cc1. The first-order chi connectivity index (χ1) is 13.8. The van der Waals surface area contributed by atoms with Gasteiger partial charge in [0.05, 0.1) is 12.6 Å². The second kappa shape index (κ2) is 7.05. The highest BCUT2D eigenvalue weighted by molar-refractivity contribution is 5.86. The number of benzene rings is 2. The third kappa shape index (κ3) is 2.92. The standard InChI is InChI=1S/C22H21N5O/c28-13-15-8-10-17(11-9-15)20-25-19-21(26-20)23-14-24-22(19)27-12-4-7-18(27)16-5-2-1-3-6-16/h1-3,5-6,8-11,14,18,28H,4,7,12-13H2,(H,23,24,25,26). The van der Waals surface area contributed by atoms with E-state index in [1.54, 1.807) is 6.33 Å². The first kappa shape index (κ1) is 16.9. The van der Waals surface area contributed by atoms with E-state index in [9.17, 15) is 5.11 Å². The number of fused-ring (bicyclic) bond motifs is 1. The van der Waals surface area contributed by atoms with Crippen molar-refractivity contribution in [2.75, 3.05) is 11.4 Å². The molecule has 1 fully saturated rings. The van der Waals surface area contributed by atoms with Gasteiger partial charge in [-0.25, -0.2) is 15.0 Å². The summed E-state index contributed by atoms with van der Waals surface area (Å²) in [7, 11) is 0. The summed E-state index contributed by atoms with van der Waals surface area (Å²) < 4.78 is 0. The van der Waals surface area contributed by atoms with E-state index in [2.05, 4.69) is 55.2 Å². The molecule has 0 amide bonds. The number of nitrogens with one attached hydrogen (secondary N) is 1. The maximum absolute atomic E-state index is 9.24. The molecule has 2 aromatic carbocycles. The molecule has 0 radical (unpaired) electrons. The number of aliphatic hydroxyl groups is 1. The van der Waals surface area contributed by atoms with Crippen LogP contribution in [0.4, 0.5) is 5.82 Å². The third-order valence-corrected chi connectivity index (χ3v) is 5.39. The lowest BCUT2D eigenvalue weighted by molar-refractivity contribution is 0.282. The summed E-state index contributed by atoms with van der Waals surface area (Å²) >= 11 is 0. The quantitative estimate of drug-likeness (QED) is 0.570. The van der Waals surface area contributed by atoms with Gasteiger partial charge >= 0.3 is 0 Å². The Bertz CT molecular complexity index is 1090. The molecule has 1 saturated heterocycles. The van der Waals surface area contributed by atoms with Gasteiger partial charge in [-0.1, -0.05) is 54.6 Å². The lowest BCUT2D eigenvalue weighted by Crippen LogP contribution is -2.24. The number of hydrogen-bond acceptors (Lipinski definition) is 5. The highest BCUT2D eigenvalue weighted by Gasteiger charge is 2.29. The molecular formula is C22H21N5O. The molecule has 140 valence electrons. The van der Waals surface area contributed by atoms with E-state index in [0.717, 1.165) is 47.7 Å². The van der Waals surface area contributed by atoms with Crippen molar-refractivity contribution in [3.8, 4) is 11.4 Å². The maximum atomic E-state index is 9.24. The molecule has 0 saturated carbocycles. The van der Waals surface area contributed by atoms with Gasteiger partial charge in [-0.2, -0.15) is 0 Å². The van der Waals surface area contributed by atoms with Gasteiger partial charge in [-0.3, -0.25) is 0 Å². The number of nitrogens with zero attached hydrogens (tertiary/aromatic N) is 4. The van der Waals surface area contributed by atoms with Gasteiger partial charge in [0.1, 0.15) is 17.7 Å². The van der Waals surface area contributed by atoms with Crippen LogP contribution in [0, 0.1) is 0 Å². The molecule has 0 bridgehead atoms. The van der Waals surface area contributed by atoms with Crippen molar-refractivity contribution < 1.29 is 5.11 Å². The Morgan fingerprint density at radius 3 is 2.64 bits per heavy atom. The summed E-state index contributed by atoms with van der Waals surface area (Å²) in [5.74, 6) is 1.67. The van der Waals surface area contributed by atoms with Crippen molar-refractivity contribution in [3.63, 3.8) is 0 Å². The number of rotatable bonds is 4. The summed E-state index contributed by atoms with van der Waals surface area (Å²) in [6, 6.07) is 18.6. The van der Waals surface area contributed by atoms with E-state index in [4.69, 9.17) is 0 Å². The zero-order valence-corrected chi connectivity index (χ0v) is 15.4. The van der Waals surface area contributed by atoms with Gasteiger partial charge in [0.15, 0.2) is 11.5 Å². The average molecular weight is 371 g/mol. The highest BCUT2D eigenvalue weighted by Crippen LogP contribution is 2.37. The Balaban J connectivity index is 1.55. The minimum atomic E-state index is 0.0336. The fourth-order valence-electron chi connectivity index (χ4n) is 3.98. The van der Waals surface area contributed by atoms with Crippen molar-refractivity contribution in [2.24, 2.45) is 0 Å². The van der Waals surface area contributed by atoms with Crippen LogP contribution >= 0.6 is 0 Å². The van der Waals surface area contributed by atoms with Crippen LogP contribution in [-0.4, -0.2) is 31.6 Å². The monoisotopic (exact) mass is 371 g/mol. The number of hydrogen-bond donors (Lipinski definition) is 2. The Morgan fingerprint density at radius 2 is 1.86 bits per heavy atom. The first-order valence-electron chi connectivity index (χ1n) is 9.56. The molecule has 6 heteroatoms. The van der Waals surface area contributed by atoms with Crippen LogP contribution in [0.5, 0.6) is 0 Å². The van der Waals surface area contributed by atoms with E-state index >= 15 is 0 Å². The van der Waals surface area contributed by atoms with Crippen LogP contribution in [0.15, 0.2) is 60.9 Å². The largest absolute Gasteiger partial charge is 0.392 e. The number of anilines is 1. The predicted molar refractivity (Wildman–Crippen MR) is 109 cm³/mol. The molecule has 2 aromatic heterocycles. The summed E-state index contributed by atoms with van der Waals surface area (Å²) in [6.07, 6.45) is 3.84. The third-order valence-electron chi connectivity index (χ3n) is 5.39. The van der Waals surface area contributed by atoms with Gasteiger partial charge in [0.25, 0.3) is 0 Å². The maximum Gasteiger partial charge on any atom is 0.183 e. The second-order valence-corrected chi connectivity index (χ2v) is 7.10. The molecule has 4 aromatic rings. The lowest BCUT2D eigenvalue weighted by atomic mass is 10.0. The fourth-order valence-corrected chi connectivity index (χ4v) is 3.98. The number of H-pyrrole nitrogens is 1. The van der Waals surface area contributed by atoms with Crippen molar-refractivity contribution >= 4 is 17.0 Å². The van der Waals surface area contributed by atoms with E-state index in [1.807, 2.05) is 24.3 Å². The van der Waals surface area contributed by atoms with E-state index in [0.29, 0.717) is 11.7 Å². The molecule has 1 unspecified atom stereocenters. The van der Waals surface area contributed by atoms with Gasteiger partial charge in [-0.05, 0) is 24.0 Å². The van der Waals surface area contributed by atoms with Crippen molar-refractivity contribution in [3.05, 3.63) is 72.1 Å². The number of imidazole rings is 1. The number of aliphatic hydroxyl groups excluding tert-OH is 1. The van der Waals surface area contributed by atoms with Gasteiger partial charge in [0, 0.05) is 12.1 Å². The van der Waals surface area contributed by atoms with Crippen LogP contribution < -0.4 is 4.90 Å². The molecule has 2 N–H and O–H groups in total. The van der Waals surface area contributed by atoms with E-state index in [1.165, 1.54) is 5.56 Å². The fraction of sp³-hybridized carbons (Fsp3) is 0.227. The summed E-state index contributed by atoms with van der Waals surface area (Å²) in [5.41, 5.74) is 4.69. The van der Waals surface area contributed by atoms with E-state index < -0.39 is 0 Å². The molecule has 28 heavy (non-hydrogen) atoms. The highest BCUT2D eigenvalue weighted by atomic mass is 16.3. The summed E-state index contributed by atoms with van der Waals surface area (Å²) in [4.78, 5) is 19.4.